The highest BCUT2D eigenvalue weighted by Gasteiger charge is 2.45. The number of likely N-dealkylation sites (N-methyl/N-ethyl adjacent to an activating group) is 1. The van der Waals surface area contributed by atoms with Crippen molar-refractivity contribution in [3.8, 4) is 0 Å². The van der Waals surface area contributed by atoms with Crippen molar-refractivity contribution in [1.29, 1.82) is 0 Å². The van der Waals surface area contributed by atoms with Crippen LogP contribution in [0.4, 0.5) is 0 Å². The molecule has 1 saturated carbocycles. The zero-order valence-electron chi connectivity index (χ0n) is 16.7. The van der Waals surface area contributed by atoms with Crippen molar-refractivity contribution in [2.75, 3.05) is 14.1 Å². The van der Waals surface area contributed by atoms with Crippen LogP contribution in [0.5, 0.6) is 0 Å². The van der Waals surface area contributed by atoms with E-state index >= 15 is 0 Å². The van der Waals surface area contributed by atoms with Gasteiger partial charge >= 0.3 is 0 Å². The van der Waals surface area contributed by atoms with E-state index in [1.165, 1.54) is 5.56 Å². The summed E-state index contributed by atoms with van der Waals surface area (Å²) in [5, 5.41) is 9.89. The molecule has 1 aliphatic rings. The summed E-state index contributed by atoms with van der Waals surface area (Å²) in [7, 11) is 3.56. The predicted octanol–water partition coefficient (Wildman–Crippen LogP) is 4.22. The van der Waals surface area contributed by atoms with Crippen LogP contribution in [-0.4, -0.2) is 39.5 Å². The van der Waals surface area contributed by atoms with E-state index in [-0.39, 0.29) is 11.3 Å². The molecule has 3 aromatic rings. The Labute approximate surface area is 170 Å². The second-order valence-corrected chi connectivity index (χ2v) is 8.84. The van der Waals surface area contributed by atoms with Crippen LogP contribution in [0.2, 0.25) is 5.02 Å². The molecule has 2 heterocycles. The molecular formula is C22H25ClN4O. The van der Waals surface area contributed by atoms with Gasteiger partial charge < -0.3 is 4.90 Å². The summed E-state index contributed by atoms with van der Waals surface area (Å²) < 4.78 is 2.06. The van der Waals surface area contributed by atoms with Crippen molar-refractivity contribution in [1.82, 2.24) is 19.5 Å². The van der Waals surface area contributed by atoms with Crippen molar-refractivity contribution in [3.05, 3.63) is 64.6 Å². The Morgan fingerprint density at radius 3 is 2.39 bits per heavy atom. The highest BCUT2D eigenvalue weighted by atomic mass is 35.5. The third-order valence-corrected chi connectivity index (χ3v) is 6.33. The van der Waals surface area contributed by atoms with Gasteiger partial charge in [0.15, 0.2) is 5.65 Å². The van der Waals surface area contributed by atoms with Gasteiger partial charge in [0.05, 0.1) is 10.8 Å². The molecule has 0 spiro atoms. The first-order valence-corrected chi connectivity index (χ1v) is 9.98. The molecule has 1 amide bonds. The number of pyridine rings is 1. The molecule has 0 aliphatic heterocycles. The van der Waals surface area contributed by atoms with Crippen molar-refractivity contribution >= 4 is 23.2 Å². The molecule has 0 radical (unpaired) electrons. The SMILES string of the molecule is CN(C)C(=O)C(C)(C)c1cccn2c(C3(c4ccc(Cl)cc4)CCC3)nnc12. The summed E-state index contributed by atoms with van der Waals surface area (Å²) in [5.74, 6) is 0.979. The number of amides is 1. The molecule has 28 heavy (non-hydrogen) atoms. The molecular weight excluding hydrogens is 372 g/mol. The van der Waals surface area contributed by atoms with Gasteiger partial charge in [-0.25, -0.2) is 0 Å². The quantitative estimate of drug-likeness (QED) is 0.663. The molecule has 0 atom stereocenters. The monoisotopic (exact) mass is 396 g/mol. The fraction of sp³-hybridized carbons (Fsp3) is 0.409. The van der Waals surface area contributed by atoms with E-state index in [0.29, 0.717) is 0 Å². The minimum absolute atomic E-state index is 0.0428. The molecule has 1 aliphatic carbocycles. The molecule has 6 heteroatoms. The van der Waals surface area contributed by atoms with Crippen molar-refractivity contribution in [2.24, 2.45) is 0 Å². The van der Waals surface area contributed by atoms with Crippen molar-refractivity contribution in [3.63, 3.8) is 0 Å². The van der Waals surface area contributed by atoms with Crippen LogP contribution in [-0.2, 0) is 15.6 Å². The molecule has 0 bridgehead atoms. The van der Waals surface area contributed by atoms with Gasteiger partial charge in [0.2, 0.25) is 5.91 Å². The largest absolute Gasteiger partial charge is 0.348 e. The molecule has 1 fully saturated rings. The summed E-state index contributed by atoms with van der Waals surface area (Å²) in [5.41, 5.74) is 2.00. The normalized spacial score (nSPS) is 16.0. The lowest BCUT2D eigenvalue weighted by Crippen LogP contribution is -2.40. The van der Waals surface area contributed by atoms with E-state index in [2.05, 4.69) is 26.7 Å². The van der Waals surface area contributed by atoms with Crippen LogP contribution in [0.15, 0.2) is 42.6 Å². The smallest absolute Gasteiger partial charge is 0.232 e. The van der Waals surface area contributed by atoms with Gasteiger partial charge in [-0.1, -0.05) is 36.2 Å². The van der Waals surface area contributed by atoms with E-state index in [0.717, 1.165) is 41.3 Å². The van der Waals surface area contributed by atoms with Gasteiger partial charge in [0.25, 0.3) is 0 Å². The van der Waals surface area contributed by atoms with Crippen molar-refractivity contribution < 1.29 is 4.79 Å². The minimum Gasteiger partial charge on any atom is -0.348 e. The number of carbonyl (C=O) groups is 1. The third-order valence-electron chi connectivity index (χ3n) is 6.08. The molecule has 2 aromatic heterocycles. The first-order valence-electron chi connectivity index (χ1n) is 9.60. The van der Waals surface area contributed by atoms with Gasteiger partial charge in [-0.3, -0.25) is 9.20 Å². The number of halogens is 1. The van der Waals surface area contributed by atoms with Gasteiger partial charge in [-0.2, -0.15) is 0 Å². The Hall–Kier alpha value is -2.40. The Morgan fingerprint density at radius 1 is 1.14 bits per heavy atom. The standard InChI is InChI=1S/C22H25ClN4O/c1-21(2,20(28)26(3)4)17-7-5-14-27-18(17)24-25-19(27)22(12-6-13-22)15-8-10-16(23)11-9-15/h5,7-11,14H,6,12-13H2,1-4H3. The third kappa shape index (κ3) is 2.72. The average molecular weight is 397 g/mol. The maximum Gasteiger partial charge on any atom is 0.232 e. The van der Waals surface area contributed by atoms with Gasteiger partial charge in [-0.05, 0) is 50.5 Å². The second-order valence-electron chi connectivity index (χ2n) is 8.41. The van der Waals surface area contributed by atoms with Gasteiger partial charge in [0.1, 0.15) is 5.82 Å². The first-order chi connectivity index (χ1) is 13.3. The number of benzene rings is 1. The predicted molar refractivity (Wildman–Crippen MR) is 111 cm³/mol. The number of nitrogens with zero attached hydrogens (tertiary/aromatic N) is 4. The highest BCUT2D eigenvalue weighted by molar-refractivity contribution is 6.30. The number of carbonyl (C=O) groups excluding carboxylic acids is 1. The Kier molecular flexibility index (Phi) is 4.46. The lowest BCUT2D eigenvalue weighted by atomic mass is 9.64. The number of rotatable bonds is 4. The Bertz CT molecular complexity index is 1030. The van der Waals surface area contributed by atoms with Crippen LogP contribution >= 0.6 is 11.6 Å². The van der Waals surface area contributed by atoms with Gasteiger partial charge in [-0.15, -0.1) is 10.2 Å². The van der Waals surface area contributed by atoms with Crippen LogP contribution in [0.25, 0.3) is 5.65 Å². The molecule has 0 unspecified atom stereocenters. The topological polar surface area (TPSA) is 50.5 Å². The second kappa shape index (κ2) is 6.59. The lowest BCUT2D eigenvalue weighted by molar-refractivity contribution is -0.133. The van der Waals surface area contributed by atoms with Crippen LogP contribution < -0.4 is 0 Å². The highest BCUT2D eigenvalue weighted by Crippen LogP contribution is 2.48. The fourth-order valence-electron chi connectivity index (χ4n) is 4.35. The van der Waals surface area contributed by atoms with Crippen LogP contribution in [0.1, 0.15) is 50.1 Å². The summed E-state index contributed by atoms with van der Waals surface area (Å²) in [4.78, 5) is 14.4. The number of hydrogen-bond donors (Lipinski definition) is 0. The van der Waals surface area contributed by atoms with Crippen LogP contribution in [0.3, 0.4) is 0 Å². The summed E-state index contributed by atoms with van der Waals surface area (Å²) in [6.07, 6.45) is 5.21. The lowest BCUT2D eigenvalue weighted by Gasteiger charge is -2.41. The summed E-state index contributed by atoms with van der Waals surface area (Å²) in [6.45, 7) is 3.88. The summed E-state index contributed by atoms with van der Waals surface area (Å²) >= 11 is 6.10. The molecule has 1 aromatic carbocycles. The zero-order valence-corrected chi connectivity index (χ0v) is 17.5. The molecule has 0 N–H and O–H groups in total. The number of hydrogen-bond acceptors (Lipinski definition) is 3. The minimum atomic E-state index is -0.691. The Balaban J connectivity index is 1.87. The van der Waals surface area contributed by atoms with E-state index in [4.69, 9.17) is 11.6 Å². The average Bonchev–Trinajstić information content (AvgIpc) is 3.06. The fourth-order valence-corrected chi connectivity index (χ4v) is 4.47. The van der Waals surface area contributed by atoms with E-state index in [9.17, 15) is 4.79 Å². The van der Waals surface area contributed by atoms with E-state index in [1.807, 2.05) is 44.3 Å². The maximum absolute atomic E-state index is 12.8. The molecule has 146 valence electrons. The molecule has 5 nitrogen and oxygen atoms in total. The molecule has 0 saturated heterocycles. The number of fused-ring (bicyclic) bond motifs is 1. The van der Waals surface area contributed by atoms with Crippen molar-refractivity contribution in [2.45, 2.75) is 43.9 Å². The molecule has 4 rings (SSSR count). The maximum atomic E-state index is 12.8. The summed E-state index contributed by atoms with van der Waals surface area (Å²) in [6, 6.07) is 12.0. The van der Waals surface area contributed by atoms with Crippen LogP contribution in [0, 0.1) is 0 Å². The Morgan fingerprint density at radius 2 is 1.82 bits per heavy atom. The first kappa shape index (κ1) is 18.9. The van der Waals surface area contributed by atoms with Gasteiger partial charge in [0, 0.05) is 30.9 Å². The number of aromatic nitrogens is 3. The van der Waals surface area contributed by atoms with E-state index in [1.54, 1.807) is 19.0 Å². The van der Waals surface area contributed by atoms with E-state index < -0.39 is 5.41 Å². The zero-order chi connectivity index (χ0) is 20.1.